The molecule has 1 heterocycles. The minimum absolute atomic E-state index is 0.147. The number of amides is 1. The lowest BCUT2D eigenvalue weighted by Crippen LogP contribution is -2.14. The highest BCUT2D eigenvalue weighted by atomic mass is 35.5. The number of nitrogens with one attached hydrogen (secondary N) is 1. The highest BCUT2D eigenvalue weighted by molar-refractivity contribution is 7.99. The molecule has 4 rings (SSSR count). The number of aromatic nitrogens is 2. The van der Waals surface area contributed by atoms with Crippen molar-refractivity contribution in [3.63, 3.8) is 0 Å². The van der Waals surface area contributed by atoms with E-state index in [1.807, 2.05) is 24.3 Å². The van der Waals surface area contributed by atoms with Crippen LogP contribution >= 0.6 is 23.4 Å². The van der Waals surface area contributed by atoms with Gasteiger partial charge < -0.3 is 14.5 Å². The van der Waals surface area contributed by atoms with E-state index in [1.54, 1.807) is 24.3 Å². The van der Waals surface area contributed by atoms with Crippen molar-refractivity contribution in [3.8, 4) is 17.2 Å². The van der Waals surface area contributed by atoms with E-state index in [-0.39, 0.29) is 11.7 Å². The Morgan fingerprint density at radius 2 is 1.83 bits per heavy atom. The van der Waals surface area contributed by atoms with Gasteiger partial charge in [0.25, 0.3) is 5.22 Å². The van der Waals surface area contributed by atoms with E-state index in [2.05, 4.69) is 15.5 Å². The van der Waals surface area contributed by atoms with Crippen molar-refractivity contribution >= 4 is 35.0 Å². The second-order valence-electron chi connectivity index (χ2n) is 6.77. The molecule has 1 aliphatic carbocycles. The number of thioether (sulfide) groups is 1. The zero-order valence-corrected chi connectivity index (χ0v) is 17.2. The molecule has 0 atom stereocenters. The van der Waals surface area contributed by atoms with Crippen LogP contribution in [0.1, 0.15) is 25.7 Å². The van der Waals surface area contributed by atoms with E-state index in [9.17, 15) is 4.79 Å². The van der Waals surface area contributed by atoms with Crippen molar-refractivity contribution in [2.45, 2.75) is 37.0 Å². The van der Waals surface area contributed by atoms with Gasteiger partial charge >= 0.3 is 0 Å². The number of carbonyl (C=O) groups excluding carboxylic acids is 1. The van der Waals surface area contributed by atoms with Gasteiger partial charge in [0.05, 0.1) is 11.9 Å². The number of hydrogen-bond acceptors (Lipinski definition) is 6. The molecule has 0 radical (unpaired) electrons. The van der Waals surface area contributed by atoms with E-state index in [1.165, 1.54) is 24.6 Å². The first-order valence-corrected chi connectivity index (χ1v) is 10.8. The fourth-order valence-corrected chi connectivity index (χ4v) is 3.81. The van der Waals surface area contributed by atoms with E-state index in [0.29, 0.717) is 22.2 Å². The first kappa shape index (κ1) is 19.8. The first-order valence-electron chi connectivity index (χ1n) is 9.44. The molecular weight excluding hydrogens is 410 g/mol. The summed E-state index contributed by atoms with van der Waals surface area (Å²) >= 11 is 7.07. The third-order valence-electron chi connectivity index (χ3n) is 4.57. The Morgan fingerprint density at radius 1 is 1.10 bits per heavy atom. The third-order valence-corrected chi connectivity index (χ3v) is 5.64. The fraction of sp³-hybridized carbons (Fsp3) is 0.286. The Hall–Kier alpha value is -2.51. The summed E-state index contributed by atoms with van der Waals surface area (Å²) in [7, 11) is 0. The number of ether oxygens (including phenoxy) is 1. The Labute approximate surface area is 178 Å². The van der Waals surface area contributed by atoms with Gasteiger partial charge in [0, 0.05) is 16.3 Å². The van der Waals surface area contributed by atoms with Gasteiger partial charge in [-0.2, -0.15) is 0 Å². The summed E-state index contributed by atoms with van der Waals surface area (Å²) in [5, 5.41) is 11.8. The molecule has 1 aromatic heterocycles. The number of halogens is 1. The molecule has 0 spiro atoms. The average Bonchev–Trinajstić information content (AvgIpc) is 3.41. The van der Waals surface area contributed by atoms with Crippen LogP contribution in [0, 0.1) is 0 Å². The summed E-state index contributed by atoms with van der Waals surface area (Å²) in [6.45, 7) is 0. The maximum atomic E-state index is 12.2. The molecule has 0 aliphatic heterocycles. The maximum absolute atomic E-state index is 12.2. The topological polar surface area (TPSA) is 77.2 Å². The lowest BCUT2D eigenvalue weighted by Gasteiger charge is -2.13. The highest BCUT2D eigenvalue weighted by Crippen LogP contribution is 2.26. The van der Waals surface area contributed by atoms with E-state index in [4.69, 9.17) is 20.8 Å². The van der Waals surface area contributed by atoms with Crippen LogP contribution in [0.15, 0.2) is 58.2 Å². The van der Waals surface area contributed by atoms with Gasteiger partial charge in [0.1, 0.15) is 5.75 Å². The summed E-state index contributed by atoms with van der Waals surface area (Å²) in [5.41, 5.74) is 1.50. The van der Waals surface area contributed by atoms with Crippen LogP contribution in [-0.2, 0) is 4.79 Å². The molecular formula is C21H20ClN3O3S. The Balaban J connectivity index is 1.26. The predicted octanol–water partition coefficient (Wildman–Crippen LogP) is 5.44. The van der Waals surface area contributed by atoms with Crippen molar-refractivity contribution in [1.29, 1.82) is 0 Å². The second kappa shape index (κ2) is 9.33. The van der Waals surface area contributed by atoms with Crippen LogP contribution in [0.4, 0.5) is 5.69 Å². The molecule has 1 saturated carbocycles. The number of nitrogens with zero attached hydrogens (tertiary/aromatic N) is 2. The third kappa shape index (κ3) is 5.52. The van der Waals surface area contributed by atoms with Crippen molar-refractivity contribution < 1.29 is 13.9 Å². The molecule has 1 N–H and O–H groups in total. The molecule has 1 aliphatic rings. The molecule has 3 aromatic rings. The van der Waals surface area contributed by atoms with Crippen molar-refractivity contribution in [2.24, 2.45) is 0 Å². The van der Waals surface area contributed by atoms with Crippen molar-refractivity contribution in [3.05, 3.63) is 53.6 Å². The van der Waals surface area contributed by atoms with Crippen LogP contribution < -0.4 is 10.1 Å². The van der Waals surface area contributed by atoms with Crippen LogP contribution in [0.2, 0.25) is 5.02 Å². The summed E-state index contributed by atoms with van der Waals surface area (Å²) in [5.74, 6) is 1.25. The monoisotopic (exact) mass is 429 g/mol. The normalized spacial score (nSPS) is 14.1. The molecule has 8 heteroatoms. The Bertz CT molecular complexity index is 954. The van der Waals surface area contributed by atoms with Crippen molar-refractivity contribution in [1.82, 2.24) is 10.2 Å². The second-order valence-corrected chi connectivity index (χ2v) is 8.13. The number of anilines is 1. The van der Waals surface area contributed by atoms with E-state index >= 15 is 0 Å². The summed E-state index contributed by atoms with van der Waals surface area (Å²) in [6, 6.07) is 14.6. The van der Waals surface area contributed by atoms with Gasteiger partial charge in [0.2, 0.25) is 11.8 Å². The lowest BCUT2D eigenvalue weighted by molar-refractivity contribution is -0.113. The fourth-order valence-electron chi connectivity index (χ4n) is 3.12. The summed E-state index contributed by atoms with van der Waals surface area (Å²) in [6.07, 6.45) is 5.02. The Kier molecular flexibility index (Phi) is 6.36. The smallest absolute Gasteiger partial charge is 0.277 e. The van der Waals surface area contributed by atoms with Crippen LogP contribution in [0.25, 0.3) is 11.5 Å². The molecule has 1 amide bonds. The zero-order valence-electron chi connectivity index (χ0n) is 15.6. The van der Waals surface area contributed by atoms with Gasteiger partial charge in [-0.3, -0.25) is 4.79 Å². The minimum atomic E-state index is -0.147. The number of hydrogen-bond donors (Lipinski definition) is 1. The van der Waals surface area contributed by atoms with Gasteiger partial charge in [-0.15, -0.1) is 10.2 Å². The lowest BCUT2D eigenvalue weighted by atomic mass is 10.2. The molecule has 0 unspecified atom stereocenters. The summed E-state index contributed by atoms with van der Waals surface area (Å²) in [4.78, 5) is 12.2. The van der Waals surface area contributed by atoms with Crippen LogP contribution in [0.3, 0.4) is 0 Å². The molecule has 0 bridgehead atoms. The van der Waals surface area contributed by atoms with Gasteiger partial charge in [-0.1, -0.05) is 23.4 Å². The van der Waals surface area contributed by atoms with Gasteiger partial charge in [0.15, 0.2) is 0 Å². The van der Waals surface area contributed by atoms with Crippen molar-refractivity contribution in [2.75, 3.05) is 11.1 Å². The molecule has 6 nitrogen and oxygen atoms in total. The average molecular weight is 430 g/mol. The quantitative estimate of drug-likeness (QED) is 0.504. The molecule has 1 fully saturated rings. The van der Waals surface area contributed by atoms with Crippen LogP contribution in [0.5, 0.6) is 5.75 Å². The standard InChI is InChI=1S/C21H20ClN3O3S/c22-15-7-5-14(6-8-15)20-24-25-21(28-20)29-13-19(26)23-16-9-11-18(12-10-16)27-17-3-1-2-4-17/h5-12,17H,1-4,13H2,(H,23,26). The zero-order chi connectivity index (χ0) is 20.1. The van der Waals surface area contributed by atoms with E-state index in [0.717, 1.165) is 29.8 Å². The van der Waals surface area contributed by atoms with Gasteiger partial charge in [-0.05, 0) is 74.2 Å². The first-order chi connectivity index (χ1) is 14.2. The largest absolute Gasteiger partial charge is 0.490 e. The number of carbonyl (C=O) groups is 1. The molecule has 29 heavy (non-hydrogen) atoms. The molecule has 150 valence electrons. The highest BCUT2D eigenvalue weighted by Gasteiger charge is 2.16. The minimum Gasteiger partial charge on any atom is -0.490 e. The maximum Gasteiger partial charge on any atom is 0.277 e. The predicted molar refractivity (Wildman–Crippen MR) is 113 cm³/mol. The molecule has 2 aromatic carbocycles. The number of benzene rings is 2. The summed E-state index contributed by atoms with van der Waals surface area (Å²) < 4.78 is 11.5. The Morgan fingerprint density at radius 3 is 2.55 bits per heavy atom. The van der Waals surface area contributed by atoms with Crippen LogP contribution in [-0.4, -0.2) is 28.0 Å². The molecule has 0 saturated heterocycles. The number of rotatable bonds is 7. The SMILES string of the molecule is O=C(CSc1nnc(-c2ccc(Cl)cc2)o1)Nc1ccc(OC2CCCC2)cc1. The van der Waals surface area contributed by atoms with E-state index < -0.39 is 0 Å². The van der Waals surface area contributed by atoms with Gasteiger partial charge in [-0.25, -0.2) is 0 Å².